The highest BCUT2D eigenvalue weighted by Gasteiger charge is 2.13. The zero-order valence-electron chi connectivity index (χ0n) is 12.6. The van der Waals surface area contributed by atoms with Gasteiger partial charge in [-0.2, -0.15) is 10.4 Å². The van der Waals surface area contributed by atoms with Crippen LogP contribution in [0.1, 0.15) is 29.8 Å². The number of aromatic nitrogens is 2. The van der Waals surface area contributed by atoms with Crippen LogP contribution < -0.4 is 5.32 Å². The van der Waals surface area contributed by atoms with Crippen LogP contribution in [-0.4, -0.2) is 35.3 Å². The predicted molar refractivity (Wildman–Crippen MR) is 75.3 cm³/mol. The second-order valence-corrected chi connectivity index (χ2v) is 4.63. The van der Waals surface area contributed by atoms with Crippen molar-refractivity contribution in [1.82, 2.24) is 15.1 Å². The van der Waals surface area contributed by atoms with Crippen LogP contribution in [0.3, 0.4) is 0 Å². The Morgan fingerprint density at radius 2 is 2.14 bits per heavy atom. The number of carbonyl (C=O) groups excluding carboxylic acids is 2. The number of nitriles is 1. The lowest BCUT2D eigenvalue weighted by atomic mass is 10.1. The van der Waals surface area contributed by atoms with Crippen LogP contribution >= 0.6 is 0 Å². The molecule has 0 aromatic carbocycles. The summed E-state index contributed by atoms with van der Waals surface area (Å²) in [5.41, 5.74) is 2.86. The third-order valence-electron chi connectivity index (χ3n) is 3.23. The zero-order chi connectivity index (χ0) is 15.8. The summed E-state index contributed by atoms with van der Waals surface area (Å²) in [6, 6.07) is 2.09. The van der Waals surface area contributed by atoms with Crippen LogP contribution in [0.25, 0.3) is 0 Å². The average molecular weight is 292 g/mol. The Bertz CT molecular complexity index is 557. The molecule has 0 saturated carbocycles. The van der Waals surface area contributed by atoms with Crippen molar-refractivity contribution < 1.29 is 14.3 Å². The van der Waals surface area contributed by atoms with Crippen molar-refractivity contribution in [2.45, 2.75) is 39.7 Å². The van der Waals surface area contributed by atoms with E-state index in [0.717, 1.165) is 17.0 Å². The van der Waals surface area contributed by atoms with Crippen LogP contribution in [0.15, 0.2) is 0 Å². The van der Waals surface area contributed by atoms with Gasteiger partial charge in [-0.15, -0.1) is 0 Å². The van der Waals surface area contributed by atoms with Gasteiger partial charge >= 0.3 is 5.97 Å². The van der Waals surface area contributed by atoms with Crippen LogP contribution in [0.5, 0.6) is 0 Å². The molecule has 114 valence electrons. The molecule has 1 rings (SSSR count). The summed E-state index contributed by atoms with van der Waals surface area (Å²) < 4.78 is 6.24. The van der Waals surface area contributed by atoms with Gasteiger partial charge in [-0.05, 0) is 25.8 Å². The first-order valence-electron chi connectivity index (χ1n) is 6.73. The molecule has 0 unspecified atom stereocenters. The molecule has 7 heteroatoms. The van der Waals surface area contributed by atoms with Crippen LogP contribution in [0, 0.1) is 25.2 Å². The first kappa shape index (κ1) is 16.7. The van der Waals surface area contributed by atoms with E-state index in [9.17, 15) is 9.59 Å². The van der Waals surface area contributed by atoms with Gasteiger partial charge in [-0.25, -0.2) is 0 Å². The molecule has 0 radical (unpaired) electrons. The number of esters is 1. The number of hydrogen-bond acceptors (Lipinski definition) is 5. The minimum absolute atomic E-state index is 0.116. The smallest absolute Gasteiger partial charge is 0.325 e. The second-order valence-electron chi connectivity index (χ2n) is 4.63. The Morgan fingerprint density at radius 1 is 1.43 bits per heavy atom. The number of methoxy groups -OCH3 is 1. The third-order valence-corrected chi connectivity index (χ3v) is 3.23. The van der Waals surface area contributed by atoms with E-state index in [1.54, 1.807) is 4.68 Å². The molecule has 0 atom stereocenters. The standard InChI is InChI=1S/C14H20N4O3/c1-10-12(11(2)18(17-10)8-4-7-15)5-6-13(19)16-9-14(20)21-3/h4-6,8-9H2,1-3H3,(H,16,19). The number of hydrogen-bond donors (Lipinski definition) is 1. The molecule has 1 aromatic rings. The van der Waals surface area contributed by atoms with E-state index < -0.39 is 5.97 Å². The van der Waals surface area contributed by atoms with Gasteiger partial charge in [0.15, 0.2) is 0 Å². The van der Waals surface area contributed by atoms with Gasteiger partial charge in [-0.1, -0.05) is 0 Å². The molecule has 0 spiro atoms. The van der Waals surface area contributed by atoms with Crippen molar-refractivity contribution in [3.63, 3.8) is 0 Å². The SMILES string of the molecule is COC(=O)CNC(=O)CCc1c(C)nn(CCC#N)c1C. The highest BCUT2D eigenvalue weighted by Crippen LogP contribution is 2.15. The monoisotopic (exact) mass is 292 g/mol. The van der Waals surface area contributed by atoms with E-state index in [4.69, 9.17) is 5.26 Å². The van der Waals surface area contributed by atoms with Crippen LogP contribution in [0.2, 0.25) is 0 Å². The Kier molecular flexibility index (Phi) is 6.40. The molecule has 0 aliphatic carbocycles. The number of nitrogens with zero attached hydrogens (tertiary/aromatic N) is 3. The number of ether oxygens (including phenoxy) is 1. The molecule has 1 amide bonds. The van der Waals surface area contributed by atoms with E-state index in [1.807, 2.05) is 13.8 Å². The van der Waals surface area contributed by atoms with Gasteiger partial charge in [0.05, 0.1) is 31.8 Å². The molecule has 1 aromatic heterocycles. The Balaban J connectivity index is 2.55. The van der Waals surface area contributed by atoms with Crippen molar-refractivity contribution in [2.75, 3.05) is 13.7 Å². The van der Waals surface area contributed by atoms with Gasteiger partial charge in [0.1, 0.15) is 6.54 Å². The number of amides is 1. The number of nitrogens with one attached hydrogen (secondary N) is 1. The Labute approximate surface area is 123 Å². The maximum absolute atomic E-state index is 11.6. The van der Waals surface area contributed by atoms with Crippen LogP contribution in [-0.2, 0) is 27.3 Å². The normalized spacial score (nSPS) is 10.0. The number of carbonyl (C=O) groups is 2. The summed E-state index contributed by atoms with van der Waals surface area (Å²) in [7, 11) is 1.27. The molecule has 0 bridgehead atoms. The maximum Gasteiger partial charge on any atom is 0.325 e. The molecule has 1 heterocycles. The molecule has 7 nitrogen and oxygen atoms in total. The molecule has 1 N–H and O–H groups in total. The quantitative estimate of drug-likeness (QED) is 0.744. The van der Waals surface area contributed by atoms with E-state index >= 15 is 0 Å². The molecule has 21 heavy (non-hydrogen) atoms. The Hall–Kier alpha value is -2.36. The minimum Gasteiger partial charge on any atom is -0.468 e. The first-order chi connectivity index (χ1) is 9.99. The summed E-state index contributed by atoms with van der Waals surface area (Å²) >= 11 is 0. The maximum atomic E-state index is 11.6. The predicted octanol–water partition coefficient (Wildman–Crippen LogP) is 0.635. The molecular weight excluding hydrogens is 272 g/mol. The molecule has 0 aliphatic rings. The second kappa shape index (κ2) is 8.04. The lowest BCUT2D eigenvalue weighted by molar-refractivity contribution is -0.141. The van der Waals surface area contributed by atoms with Crippen LogP contribution in [0.4, 0.5) is 0 Å². The summed E-state index contributed by atoms with van der Waals surface area (Å²) in [5.74, 6) is -0.677. The van der Waals surface area contributed by atoms with Crippen molar-refractivity contribution >= 4 is 11.9 Å². The van der Waals surface area contributed by atoms with Gasteiger partial charge in [0.2, 0.25) is 5.91 Å². The minimum atomic E-state index is -0.472. The fourth-order valence-electron chi connectivity index (χ4n) is 2.04. The largest absolute Gasteiger partial charge is 0.468 e. The van der Waals surface area contributed by atoms with Gasteiger partial charge < -0.3 is 10.1 Å². The topological polar surface area (TPSA) is 97.0 Å². The van der Waals surface area contributed by atoms with Crippen molar-refractivity contribution in [2.24, 2.45) is 0 Å². The van der Waals surface area contributed by atoms with Gasteiger partial charge in [0.25, 0.3) is 0 Å². The highest BCUT2D eigenvalue weighted by atomic mass is 16.5. The molecular formula is C14H20N4O3. The fourth-order valence-corrected chi connectivity index (χ4v) is 2.04. The fraction of sp³-hybridized carbons (Fsp3) is 0.571. The summed E-state index contributed by atoms with van der Waals surface area (Å²) in [5, 5.41) is 15.5. The van der Waals surface area contributed by atoms with Crippen molar-refractivity contribution in [3.8, 4) is 6.07 Å². The number of rotatable bonds is 7. The van der Waals surface area contributed by atoms with Crippen molar-refractivity contribution in [1.29, 1.82) is 5.26 Å². The van der Waals surface area contributed by atoms with E-state index in [0.29, 0.717) is 19.4 Å². The highest BCUT2D eigenvalue weighted by molar-refractivity contribution is 5.81. The number of aryl methyl sites for hydroxylation is 2. The van der Waals surface area contributed by atoms with Gasteiger partial charge in [-0.3, -0.25) is 14.3 Å². The Morgan fingerprint density at radius 3 is 2.76 bits per heavy atom. The zero-order valence-corrected chi connectivity index (χ0v) is 12.6. The van der Waals surface area contributed by atoms with Crippen molar-refractivity contribution in [3.05, 3.63) is 17.0 Å². The van der Waals surface area contributed by atoms with E-state index in [-0.39, 0.29) is 18.9 Å². The lowest BCUT2D eigenvalue weighted by Crippen LogP contribution is -2.30. The molecule has 0 aliphatic heterocycles. The summed E-state index contributed by atoms with van der Waals surface area (Å²) in [6.07, 6.45) is 1.24. The average Bonchev–Trinajstić information content (AvgIpc) is 2.74. The summed E-state index contributed by atoms with van der Waals surface area (Å²) in [6.45, 7) is 4.25. The van der Waals surface area contributed by atoms with E-state index in [2.05, 4.69) is 21.2 Å². The third kappa shape index (κ3) is 4.91. The first-order valence-corrected chi connectivity index (χ1v) is 6.73. The lowest BCUT2D eigenvalue weighted by Gasteiger charge is -2.05. The van der Waals surface area contributed by atoms with Gasteiger partial charge in [0, 0.05) is 12.1 Å². The summed E-state index contributed by atoms with van der Waals surface area (Å²) in [4.78, 5) is 22.6. The molecule has 0 saturated heterocycles. The van der Waals surface area contributed by atoms with E-state index in [1.165, 1.54) is 7.11 Å². The molecule has 0 fully saturated rings.